The van der Waals surface area contributed by atoms with Crippen LogP contribution in [-0.4, -0.2) is 32.7 Å². The fourth-order valence-corrected chi connectivity index (χ4v) is 5.35. The second kappa shape index (κ2) is 6.85. The predicted octanol–water partition coefficient (Wildman–Crippen LogP) is 5.33. The number of imidazole rings is 1. The highest BCUT2D eigenvalue weighted by Gasteiger charge is 2.23. The molecule has 4 heterocycles. The summed E-state index contributed by atoms with van der Waals surface area (Å²) < 4.78 is 3.27. The van der Waals surface area contributed by atoms with E-state index in [4.69, 9.17) is 5.10 Å². The molecule has 0 unspecified atom stereocenters. The van der Waals surface area contributed by atoms with Gasteiger partial charge in [0.1, 0.15) is 11.5 Å². The van der Waals surface area contributed by atoms with Crippen LogP contribution in [0.4, 0.5) is 5.82 Å². The summed E-state index contributed by atoms with van der Waals surface area (Å²) in [7, 11) is 2.18. The van der Waals surface area contributed by atoms with Crippen LogP contribution in [0.2, 0.25) is 0 Å². The fourth-order valence-electron chi connectivity index (χ4n) is 4.26. The Morgan fingerprint density at radius 2 is 1.93 bits per heavy atom. The first-order valence-electron chi connectivity index (χ1n) is 10.0. The van der Waals surface area contributed by atoms with Crippen LogP contribution in [0.25, 0.3) is 26.3 Å². The zero-order chi connectivity index (χ0) is 19.3. The van der Waals surface area contributed by atoms with Crippen molar-refractivity contribution in [3.05, 3.63) is 42.4 Å². The molecule has 1 fully saturated rings. The summed E-state index contributed by atoms with van der Waals surface area (Å²) in [5.41, 5.74) is 3.14. The van der Waals surface area contributed by atoms with Gasteiger partial charge >= 0.3 is 0 Å². The first-order chi connectivity index (χ1) is 13.6. The van der Waals surface area contributed by atoms with Crippen molar-refractivity contribution in [1.29, 1.82) is 0 Å². The summed E-state index contributed by atoms with van der Waals surface area (Å²) in [6.45, 7) is 4.47. The van der Waals surface area contributed by atoms with Gasteiger partial charge in [0.05, 0.1) is 11.1 Å². The smallest absolute Gasteiger partial charge is 0.154 e. The van der Waals surface area contributed by atoms with Crippen LogP contribution < -0.4 is 4.90 Å². The van der Waals surface area contributed by atoms with Gasteiger partial charge in [-0.15, -0.1) is 16.4 Å². The standard InChI is InChI=1S/C22H25N5S/c1-14-4-6-17(7-5-14)26(3)21-9-8-20-24-13-18(27(20)25-21)19-10-16-12-23-11-15(2)22(16)28-19/h8-14,17H,4-7H2,1-3H3. The highest BCUT2D eigenvalue weighted by Crippen LogP contribution is 2.35. The van der Waals surface area contributed by atoms with Crippen LogP contribution in [0.15, 0.2) is 36.8 Å². The number of fused-ring (bicyclic) bond motifs is 2. The third-order valence-corrected chi connectivity index (χ3v) is 7.40. The molecule has 5 rings (SSSR count). The largest absolute Gasteiger partial charge is 0.355 e. The first-order valence-corrected chi connectivity index (χ1v) is 10.8. The summed E-state index contributed by atoms with van der Waals surface area (Å²) >= 11 is 1.78. The molecule has 28 heavy (non-hydrogen) atoms. The summed E-state index contributed by atoms with van der Waals surface area (Å²) in [6, 6.07) is 6.95. The Morgan fingerprint density at radius 1 is 1.11 bits per heavy atom. The molecule has 1 aliphatic carbocycles. The van der Waals surface area contributed by atoms with E-state index >= 15 is 0 Å². The molecule has 0 bridgehead atoms. The lowest BCUT2D eigenvalue weighted by Gasteiger charge is -2.34. The van der Waals surface area contributed by atoms with E-state index in [0.717, 1.165) is 23.1 Å². The zero-order valence-corrected chi connectivity index (χ0v) is 17.4. The molecule has 0 amide bonds. The topological polar surface area (TPSA) is 46.3 Å². The minimum absolute atomic E-state index is 0.575. The maximum atomic E-state index is 4.97. The SMILES string of the molecule is Cc1cncc2cc(-c3cnc4ccc(N(C)C5CCC(C)CC5)nn34)sc12. The van der Waals surface area contributed by atoms with E-state index in [2.05, 4.69) is 54.0 Å². The number of thiophene rings is 1. The van der Waals surface area contributed by atoms with Gasteiger partial charge in [-0.3, -0.25) is 4.98 Å². The molecular weight excluding hydrogens is 366 g/mol. The van der Waals surface area contributed by atoms with E-state index in [9.17, 15) is 0 Å². The van der Waals surface area contributed by atoms with E-state index in [1.54, 1.807) is 11.3 Å². The molecule has 1 saturated carbocycles. The van der Waals surface area contributed by atoms with Crippen LogP contribution >= 0.6 is 11.3 Å². The summed E-state index contributed by atoms with van der Waals surface area (Å²) in [5.74, 6) is 1.87. The number of nitrogens with zero attached hydrogens (tertiary/aromatic N) is 5. The Bertz CT molecular complexity index is 1140. The lowest BCUT2D eigenvalue weighted by molar-refractivity contribution is 0.339. The molecule has 144 valence electrons. The number of pyridine rings is 1. The molecule has 1 aliphatic rings. The lowest BCUT2D eigenvalue weighted by atomic mass is 9.87. The molecule has 0 spiro atoms. The minimum Gasteiger partial charge on any atom is -0.355 e. The maximum Gasteiger partial charge on any atom is 0.154 e. The van der Waals surface area contributed by atoms with E-state index in [1.165, 1.54) is 46.2 Å². The molecule has 0 atom stereocenters. The van der Waals surface area contributed by atoms with Crippen LogP contribution in [0.5, 0.6) is 0 Å². The Hall–Kier alpha value is -2.47. The van der Waals surface area contributed by atoms with Gasteiger partial charge in [0.15, 0.2) is 5.65 Å². The number of aryl methyl sites for hydroxylation is 1. The lowest BCUT2D eigenvalue weighted by Crippen LogP contribution is -2.35. The number of aromatic nitrogens is 4. The van der Waals surface area contributed by atoms with Crippen molar-refractivity contribution in [3.63, 3.8) is 0 Å². The molecule has 0 aromatic carbocycles. The molecule has 4 aromatic rings. The molecule has 0 radical (unpaired) electrons. The first kappa shape index (κ1) is 17.6. The van der Waals surface area contributed by atoms with Crippen molar-refractivity contribution < 1.29 is 0 Å². The third kappa shape index (κ3) is 2.96. The van der Waals surface area contributed by atoms with Gasteiger partial charge in [0.25, 0.3) is 0 Å². The molecule has 5 nitrogen and oxygen atoms in total. The zero-order valence-electron chi connectivity index (χ0n) is 16.6. The van der Waals surface area contributed by atoms with Crippen LogP contribution in [0.1, 0.15) is 38.2 Å². The Labute approximate surface area is 169 Å². The van der Waals surface area contributed by atoms with Crippen LogP contribution in [-0.2, 0) is 0 Å². The normalized spacial score (nSPS) is 20.1. The van der Waals surface area contributed by atoms with Crippen molar-refractivity contribution in [2.75, 3.05) is 11.9 Å². The second-order valence-corrected chi connectivity index (χ2v) is 9.17. The Balaban J connectivity index is 1.53. The monoisotopic (exact) mass is 391 g/mol. The predicted molar refractivity (Wildman–Crippen MR) is 116 cm³/mol. The second-order valence-electron chi connectivity index (χ2n) is 8.11. The van der Waals surface area contributed by atoms with Gasteiger partial charge in [-0.1, -0.05) is 6.92 Å². The van der Waals surface area contributed by atoms with Crippen molar-refractivity contribution in [2.24, 2.45) is 5.92 Å². The van der Waals surface area contributed by atoms with E-state index < -0.39 is 0 Å². The van der Waals surface area contributed by atoms with Crippen molar-refractivity contribution in [1.82, 2.24) is 19.6 Å². The summed E-state index contributed by atoms with van der Waals surface area (Å²) in [4.78, 5) is 12.4. The van der Waals surface area contributed by atoms with Gasteiger partial charge in [-0.05, 0) is 62.3 Å². The van der Waals surface area contributed by atoms with Gasteiger partial charge < -0.3 is 4.90 Å². The average Bonchev–Trinajstić information content (AvgIpc) is 3.32. The number of rotatable bonds is 3. The molecule has 6 heteroatoms. The van der Waals surface area contributed by atoms with Crippen molar-refractivity contribution in [2.45, 2.75) is 45.6 Å². The van der Waals surface area contributed by atoms with Crippen molar-refractivity contribution in [3.8, 4) is 10.6 Å². The molecule has 0 saturated heterocycles. The van der Waals surface area contributed by atoms with Crippen molar-refractivity contribution >= 4 is 32.9 Å². The number of anilines is 1. The third-order valence-electron chi connectivity index (χ3n) is 6.10. The molecule has 0 N–H and O–H groups in total. The number of hydrogen-bond donors (Lipinski definition) is 0. The Kier molecular flexibility index (Phi) is 4.31. The molecule has 0 aliphatic heterocycles. The van der Waals surface area contributed by atoms with Gasteiger partial charge in [-0.2, -0.15) is 0 Å². The van der Waals surface area contributed by atoms with E-state index in [0.29, 0.717) is 6.04 Å². The average molecular weight is 392 g/mol. The fraction of sp³-hybridized carbons (Fsp3) is 0.409. The molecular formula is C22H25N5S. The minimum atomic E-state index is 0.575. The van der Waals surface area contributed by atoms with E-state index in [1.807, 2.05) is 23.1 Å². The van der Waals surface area contributed by atoms with E-state index in [-0.39, 0.29) is 0 Å². The van der Waals surface area contributed by atoms with Crippen LogP contribution in [0, 0.1) is 12.8 Å². The van der Waals surface area contributed by atoms with Crippen LogP contribution in [0.3, 0.4) is 0 Å². The Morgan fingerprint density at radius 3 is 2.71 bits per heavy atom. The summed E-state index contributed by atoms with van der Waals surface area (Å²) in [6.07, 6.45) is 10.9. The quantitative estimate of drug-likeness (QED) is 0.474. The van der Waals surface area contributed by atoms with Gasteiger partial charge in [0.2, 0.25) is 0 Å². The highest BCUT2D eigenvalue weighted by atomic mass is 32.1. The number of hydrogen-bond acceptors (Lipinski definition) is 5. The molecule has 4 aromatic heterocycles. The highest BCUT2D eigenvalue weighted by molar-refractivity contribution is 7.22. The maximum absolute atomic E-state index is 4.97. The van der Waals surface area contributed by atoms with Gasteiger partial charge in [-0.25, -0.2) is 9.50 Å². The van der Waals surface area contributed by atoms with Gasteiger partial charge in [0, 0.05) is 35.6 Å². The summed E-state index contributed by atoms with van der Waals surface area (Å²) in [5, 5.41) is 6.15.